The molecule has 0 aromatic carbocycles. The lowest BCUT2D eigenvalue weighted by atomic mass is 9.99. The summed E-state index contributed by atoms with van der Waals surface area (Å²) in [5.41, 5.74) is 0.894. The highest BCUT2D eigenvalue weighted by Gasteiger charge is 2.16. The summed E-state index contributed by atoms with van der Waals surface area (Å²) in [4.78, 5) is 10.7. The summed E-state index contributed by atoms with van der Waals surface area (Å²) in [5.74, 6) is 0.0967. The van der Waals surface area contributed by atoms with Crippen LogP contribution in [-0.4, -0.2) is 18.5 Å². The van der Waals surface area contributed by atoms with Crippen LogP contribution in [0, 0.1) is 0 Å². The molecule has 0 radical (unpaired) electrons. The molecule has 0 aromatic heterocycles. The lowest BCUT2D eigenvalue weighted by molar-refractivity contribution is -0.112. The van der Waals surface area contributed by atoms with Crippen molar-refractivity contribution in [2.24, 2.45) is 0 Å². The molecule has 0 rings (SSSR count). The maximum absolute atomic E-state index is 10.7. The number of hydrogen-bond donors (Lipinski definition) is 0. The molecule has 12 heavy (non-hydrogen) atoms. The summed E-state index contributed by atoms with van der Waals surface area (Å²) >= 11 is 0. The number of allylic oxidation sites excluding steroid dienone is 1. The SMILES string of the molecule is COC(C)(C)CC(C)=CC(C)=O. The molecule has 0 saturated carbocycles. The molecule has 0 aliphatic heterocycles. The van der Waals surface area contributed by atoms with Gasteiger partial charge in [-0.05, 0) is 40.2 Å². The predicted octanol–water partition coefficient (Wildman–Crippen LogP) is 2.34. The first kappa shape index (κ1) is 11.4. The van der Waals surface area contributed by atoms with Crippen LogP contribution in [0.4, 0.5) is 0 Å². The zero-order valence-electron chi connectivity index (χ0n) is 8.60. The summed E-state index contributed by atoms with van der Waals surface area (Å²) in [6.45, 7) is 7.51. The van der Waals surface area contributed by atoms with Gasteiger partial charge in [0, 0.05) is 7.11 Å². The summed E-state index contributed by atoms with van der Waals surface area (Å²) in [6.07, 6.45) is 2.45. The topological polar surface area (TPSA) is 26.3 Å². The molecule has 0 saturated heterocycles. The number of carbonyl (C=O) groups is 1. The van der Waals surface area contributed by atoms with Crippen molar-refractivity contribution in [3.8, 4) is 0 Å². The molecule has 70 valence electrons. The molecule has 2 heteroatoms. The van der Waals surface area contributed by atoms with Crippen molar-refractivity contribution in [1.82, 2.24) is 0 Å². The van der Waals surface area contributed by atoms with E-state index in [4.69, 9.17) is 4.74 Å². The highest BCUT2D eigenvalue weighted by Crippen LogP contribution is 2.18. The first-order valence-corrected chi connectivity index (χ1v) is 4.10. The summed E-state index contributed by atoms with van der Waals surface area (Å²) < 4.78 is 5.24. The van der Waals surface area contributed by atoms with Crippen LogP contribution in [0.25, 0.3) is 0 Å². The normalized spacial score (nSPS) is 13.2. The van der Waals surface area contributed by atoms with Gasteiger partial charge in [0.2, 0.25) is 0 Å². The first-order valence-electron chi connectivity index (χ1n) is 4.10. The van der Waals surface area contributed by atoms with Crippen LogP contribution < -0.4 is 0 Å². The van der Waals surface area contributed by atoms with Crippen molar-refractivity contribution in [1.29, 1.82) is 0 Å². The van der Waals surface area contributed by atoms with Crippen molar-refractivity contribution in [3.05, 3.63) is 11.6 Å². The number of hydrogen-bond acceptors (Lipinski definition) is 2. The number of carbonyl (C=O) groups excluding carboxylic acids is 1. The second kappa shape index (κ2) is 4.41. The van der Waals surface area contributed by atoms with Crippen LogP contribution in [-0.2, 0) is 9.53 Å². The molecule has 0 atom stereocenters. The third kappa shape index (κ3) is 5.08. The molecule has 0 bridgehead atoms. The van der Waals surface area contributed by atoms with Gasteiger partial charge in [0.1, 0.15) is 0 Å². The highest BCUT2D eigenvalue weighted by atomic mass is 16.5. The smallest absolute Gasteiger partial charge is 0.152 e. The summed E-state index contributed by atoms with van der Waals surface area (Å²) in [6, 6.07) is 0. The van der Waals surface area contributed by atoms with Gasteiger partial charge in [-0.2, -0.15) is 0 Å². The van der Waals surface area contributed by atoms with E-state index in [0.717, 1.165) is 12.0 Å². The largest absolute Gasteiger partial charge is 0.378 e. The molecule has 0 N–H and O–H groups in total. The Labute approximate surface area is 74.6 Å². The zero-order chi connectivity index (χ0) is 9.78. The highest BCUT2D eigenvalue weighted by molar-refractivity contribution is 5.87. The van der Waals surface area contributed by atoms with E-state index in [1.165, 1.54) is 0 Å². The first-order chi connectivity index (χ1) is 5.37. The van der Waals surface area contributed by atoms with Gasteiger partial charge < -0.3 is 4.74 Å². The van der Waals surface area contributed by atoms with Crippen molar-refractivity contribution in [2.75, 3.05) is 7.11 Å². The van der Waals surface area contributed by atoms with E-state index < -0.39 is 0 Å². The fraction of sp³-hybridized carbons (Fsp3) is 0.700. The average molecular weight is 170 g/mol. The van der Waals surface area contributed by atoms with Crippen LogP contribution in [0.5, 0.6) is 0 Å². The van der Waals surface area contributed by atoms with E-state index in [0.29, 0.717) is 0 Å². The van der Waals surface area contributed by atoms with Crippen LogP contribution in [0.2, 0.25) is 0 Å². The molecule has 0 aliphatic carbocycles. The van der Waals surface area contributed by atoms with Crippen LogP contribution in [0.3, 0.4) is 0 Å². The number of methoxy groups -OCH3 is 1. The third-order valence-corrected chi connectivity index (χ3v) is 1.71. The second-order valence-electron chi connectivity index (χ2n) is 3.74. The van der Waals surface area contributed by atoms with Gasteiger partial charge in [-0.3, -0.25) is 4.79 Å². The molecule has 0 heterocycles. The summed E-state index contributed by atoms with van der Waals surface area (Å²) in [5, 5.41) is 0. The van der Waals surface area contributed by atoms with Crippen molar-refractivity contribution < 1.29 is 9.53 Å². The third-order valence-electron chi connectivity index (χ3n) is 1.71. The minimum atomic E-state index is -0.171. The number of rotatable bonds is 4. The Morgan fingerprint density at radius 2 is 1.92 bits per heavy atom. The van der Waals surface area contributed by atoms with Gasteiger partial charge in [0.15, 0.2) is 5.78 Å². The number of ketones is 1. The fourth-order valence-corrected chi connectivity index (χ4v) is 1.14. The molecule has 2 nitrogen and oxygen atoms in total. The number of ether oxygens (including phenoxy) is 1. The molecule has 0 fully saturated rings. The molecule has 0 amide bonds. The molecule has 0 unspecified atom stereocenters. The van der Waals surface area contributed by atoms with Crippen LogP contribution in [0.15, 0.2) is 11.6 Å². The maximum atomic E-state index is 10.7. The van der Waals surface area contributed by atoms with Gasteiger partial charge in [0.05, 0.1) is 5.60 Å². The maximum Gasteiger partial charge on any atom is 0.152 e. The standard InChI is InChI=1S/C10H18O2/c1-8(6-9(2)11)7-10(3,4)12-5/h6H,7H2,1-5H3. The Bertz CT molecular complexity index is 190. The van der Waals surface area contributed by atoms with Gasteiger partial charge in [-0.1, -0.05) is 5.57 Å². The van der Waals surface area contributed by atoms with E-state index in [1.807, 2.05) is 20.8 Å². The predicted molar refractivity (Wildman–Crippen MR) is 50.1 cm³/mol. The van der Waals surface area contributed by atoms with E-state index in [-0.39, 0.29) is 11.4 Å². The van der Waals surface area contributed by atoms with Gasteiger partial charge in [0.25, 0.3) is 0 Å². The Balaban J connectivity index is 4.17. The lowest BCUT2D eigenvalue weighted by Gasteiger charge is -2.22. The average Bonchev–Trinajstić information content (AvgIpc) is 1.84. The Morgan fingerprint density at radius 3 is 2.25 bits per heavy atom. The molecular formula is C10H18O2. The van der Waals surface area contributed by atoms with Gasteiger partial charge in [-0.25, -0.2) is 0 Å². The van der Waals surface area contributed by atoms with Crippen molar-refractivity contribution in [2.45, 2.75) is 39.7 Å². The minimum Gasteiger partial charge on any atom is -0.378 e. The molecule has 0 aliphatic rings. The molecule has 0 spiro atoms. The minimum absolute atomic E-state index is 0.0967. The molecular weight excluding hydrogens is 152 g/mol. The van der Waals surface area contributed by atoms with Crippen LogP contribution >= 0.6 is 0 Å². The van der Waals surface area contributed by atoms with Crippen molar-refractivity contribution >= 4 is 5.78 Å². The van der Waals surface area contributed by atoms with Gasteiger partial charge >= 0.3 is 0 Å². The summed E-state index contributed by atoms with van der Waals surface area (Å²) in [7, 11) is 1.68. The second-order valence-corrected chi connectivity index (χ2v) is 3.74. The Morgan fingerprint density at radius 1 is 1.42 bits per heavy atom. The van der Waals surface area contributed by atoms with Crippen LogP contribution in [0.1, 0.15) is 34.1 Å². The van der Waals surface area contributed by atoms with Gasteiger partial charge in [-0.15, -0.1) is 0 Å². The van der Waals surface area contributed by atoms with Crippen molar-refractivity contribution in [3.63, 3.8) is 0 Å². The fourth-order valence-electron chi connectivity index (χ4n) is 1.14. The zero-order valence-corrected chi connectivity index (χ0v) is 8.60. The van der Waals surface area contributed by atoms with E-state index in [1.54, 1.807) is 20.1 Å². The Hall–Kier alpha value is -0.630. The quantitative estimate of drug-likeness (QED) is 0.605. The van der Waals surface area contributed by atoms with E-state index in [9.17, 15) is 4.79 Å². The molecule has 0 aromatic rings. The Kier molecular flexibility index (Phi) is 4.18. The monoisotopic (exact) mass is 170 g/mol. The lowest BCUT2D eigenvalue weighted by Crippen LogP contribution is -2.22. The van der Waals surface area contributed by atoms with E-state index in [2.05, 4.69) is 0 Å². The van der Waals surface area contributed by atoms with E-state index >= 15 is 0 Å².